The monoisotopic (exact) mass is 584 g/mol. The number of fused-ring (bicyclic) bond motifs is 1. The average Bonchev–Trinajstić information content (AvgIpc) is 3.00. The Labute approximate surface area is 253 Å². The normalized spacial score (nSPS) is 18.9. The smallest absolute Gasteiger partial charge is 0.334 e. The molecular weight excluding hydrogens is 544 g/mol. The molecule has 3 aromatic carbocycles. The van der Waals surface area contributed by atoms with E-state index in [1.807, 2.05) is 42.5 Å². The topological polar surface area (TPSA) is 99.7 Å². The lowest BCUT2D eigenvalue weighted by Crippen LogP contribution is -2.76. The molecule has 0 bridgehead atoms. The van der Waals surface area contributed by atoms with Gasteiger partial charge in [-0.15, -0.1) is 0 Å². The molecule has 5 rings (SSSR count). The third-order valence-corrected chi connectivity index (χ3v) is 8.21. The third kappa shape index (κ3) is 6.59. The number of hydrogen-bond acceptors (Lipinski definition) is 6. The molecule has 2 aliphatic rings. The maximum atomic E-state index is 14.1. The lowest BCUT2D eigenvalue weighted by Gasteiger charge is -2.54. The second kappa shape index (κ2) is 13.2. The van der Waals surface area contributed by atoms with Crippen LogP contribution >= 0.6 is 0 Å². The number of carbonyl (C=O) groups is 3. The quantitative estimate of drug-likeness (QED) is 0.400. The molecule has 2 aliphatic heterocycles. The minimum Gasteiger partial charge on any atom is -0.508 e. The molecule has 0 aliphatic carbocycles. The zero-order chi connectivity index (χ0) is 30.5. The van der Waals surface area contributed by atoms with Crippen molar-refractivity contribution in [3.05, 3.63) is 95.6 Å². The number of hydrogen-bond donors (Lipinski definition) is 2. The highest BCUT2D eigenvalue weighted by atomic mass is 16.3. The molecule has 0 radical (unpaired) electrons. The van der Waals surface area contributed by atoms with Crippen molar-refractivity contribution in [1.82, 2.24) is 25.1 Å². The molecular formula is C33H40N6O4. The van der Waals surface area contributed by atoms with Crippen molar-refractivity contribution in [1.29, 1.82) is 0 Å². The van der Waals surface area contributed by atoms with Gasteiger partial charge in [0.2, 0.25) is 11.8 Å². The Balaban J connectivity index is 1.46. The minimum absolute atomic E-state index is 0.0273. The van der Waals surface area contributed by atoms with Crippen LogP contribution in [0.1, 0.15) is 30.5 Å². The fraction of sp³-hybridized carbons (Fsp3) is 0.364. The van der Waals surface area contributed by atoms with Crippen LogP contribution in [0.5, 0.6) is 5.75 Å². The first-order valence-corrected chi connectivity index (χ1v) is 14.8. The zero-order valence-corrected chi connectivity index (χ0v) is 25.0. The van der Waals surface area contributed by atoms with Crippen LogP contribution < -0.4 is 10.2 Å². The van der Waals surface area contributed by atoms with Gasteiger partial charge in [-0.1, -0.05) is 54.6 Å². The summed E-state index contributed by atoms with van der Waals surface area (Å²) in [6, 6.07) is 23.3. The Morgan fingerprint density at radius 2 is 1.63 bits per heavy atom. The van der Waals surface area contributed by atoms with E-state index in [4.69, 9.17) is 0 Å². The van der Waals surface area contributed by atoms with Crippen LogP contribution in [0, 0.1) is 0 Å². The number of aromatic hydroxyl groups is 1. The number of nitrogens with one attached hydrogen (secondary N) is 1. The highest BCUT2D eigenvalue weighted by Gasteiger charge is 2.50. The molecule has 10 heteroatoms. The number of phenolic OH excluding ortho intramolecular Hbond substituents is 1. The van der Waals surface area contributed by atoms with Crippen LogP contribution in [-0.4, -0.2) is 88.2 Å². The lowest BCUT2D eigenvalue weighted by atomic mass is 9.98. The van der Waals surface area contributed by atoms with Crippen molar-refractivity contribution in [3.8, 4) is 5.75 Å². The molecule has 43 heavy (non-hydrogen) atoms. The summed E-state index contributed by atoms with van der Waals surface area (Å²) in [6.07, 6.45) is -0.423. The van der Waals surface area contributed by atoms with E-state index in [2.05, 4.69) is 36.2 Å². The van der Waals surface area contributed by atoms with Gasteiger partial charge in [0.05, 0.1) is 13.1 Å². The van der Waals surface area contributed by atoms with Crippen molar-refractivity contribution in [2.45, 2.75) is 45.6 Å². The predicted octanol–water partition coefficient (Wildman–Crippen LogP) is 3.42. The summed E-state index contributed by atoms with van der Waals surface area (Å²) in [5, 5.41) is 16.0. The zero-order valence-electron chi connectivity index (χ0n) is 25.0. The molecule has 3 aromatic rings. The SMILES string of the molecule is CCN(CC)c1cccc(CN2CC3N(C(=O)CN(C)N3C(=O)NCc3ccccc3)[C@@H](Cc3ccc(O)cc3)C2=O)c1. The molecule has 2 atom stereocenters. The van der Waals surface area contributed by atoms with Gasteiger partial charge in [-0.2, -0.15) is 0 Å². The van der Waals surface area contributed by atoms with Gasteiger partial charge in [-0.05, 0) is 54.8 Å². The molecule has 226 valence electrons. The Morgan fingerprint density at radius 1 is 0.930 bits per heavy atom. The summed E-state index contributed by atoms with van der Waals surface area (Å²) in [5.74, 6) is -0.247. The van der Waals surface area contributed by atoms with Gasteiger partial charge in [0.1, 0.15) is 18.0 Å². The van der Waals surface area contributed by atoms with Crippen LogP contribution in [-0.2, 0) is 29.1 Å². The summed E-state index contributed by atoms with van der Waals surface area (Å²) in [5.41, 5.74) is 3.84. The summed E-state index contributed by atoms with van der Waals surface area (Å²) in [6.45, 7) is 6.80. The minimum atomic E-state index is -0.806. The molecule has 10 nitrogen and oxygen atoms in total. The number of piperazine rings is 1. The summed E-state index contributed by atoms with van der Waals surface area (Å²) < 4.78 is 0. The number of rotatable bonds is 9. The van der Waals surface area contributed by atoms with Gasteiger partial charge in [0.25, 0.3) is 0 Å². The summed E-state index contributed by atoms with van der Waals surface area (Å²) >= 11 is 0. The van der Waals surface area contributed by atoms with Gasteiger partial charge in [0.15, 0.2) is 0 Å². The second-order valence-electron chi connectivity index (χ2n) is 11.0. The molecule has 2 fully saturated rings. The molecule has 1 unspecified atom stereocenters. The van der Waals surface area contributed by atoms with Crippen LogP contribution in [0.3, 0.4) is 0 Å². The maximum Gasteiger partial charge on any atom is 0.334 e. The van der Waals surface area contributed by atoms with E-state index in [0.29, 0.717) is 13.1 Å². The highest BCUT2D eigenvalue weighted by Crippen LogP contribution is 2.29. The third-order valence-electron chi connectivity index (χ3n) is 8.21. The van der Waals surface area contributed by atoms with E-state index in [0.717, 1.165) is 35.5 Å². The second-order valence-corrected chi connectivity index (χ2v) is 11.0. The molecule has 2 saturated heterocycles. The Hall–Kier alpha value is -4.57. The number of anilines is 1. The van der Waals surface area contributed by atoms with E-state index in [-0.39, 0.29) is 43.1 Å². The van der Waals surface area contributed by atoms with Crippen LogP contribution in [0.15, 0.2) is 78.9 Å². The van der Waals surface area contributed by atoms with E-state index < -0.39 is 12.2 Å². The Kier molecular flexibility index (Phi) is 9.16. The van der Waals surface area contributed by atoms with Crippen molar-refractivity contribution >= 4 is 23.5 Å². The van der Waals surface area contributed by atoms with E-state index in [9.17, 15) is 19.5 Å². The first kappa shape index (κ1) is 29.9. The highest BCUT2D eigenvalue weighted by molar-refractivity contribution is 5.91. The van der Waals surface area contributed by atoms with Gasteiger partial charge in [-0.25, -0.2) is 14.8 Å². The van der Waals surface area contributed by atoms with E-state index in [1.54, 1.807) is 51.1 Å². The van der Waals surface area contributed by atoms with Crippen molar-refractivity contribution in [3.63, 3.8) is 0 Å². The van der Waals surface area contributed by atoms with E-state index in [1.165, 1.54) is 0 Å². The predicted molar refractivity (Wildman–Crippen MR) is 165 cm³/mol. The summed E-state index contributed by atoms with van der Waals surface area (Å²) in [7, 11) is 1.72. The molecule has 2 N–H and O–H groups in total. The molecule has 0 saturated carbocycles. The maximum absolute atomic E-state index is 14.1. The standard InChI is InChI=1S/C33H40N6O4/c1-4-36(5-2)27-13-9-12-26(18-27)21-37-22-30-38(29(32(37)42)19-24-14-16-28(40)17-15-24)31(41)23-35(3)39(30)33(43)34-20-25-10-7-6-8-11-25/h6-18,29-30,40H,4-5,19-23H2,1-3H3,(H,34,43)/t29-,30?/m0/s1. The molecule has 0 spiro atoms. The number of nitrogens with zero attached hydrogens (tertiary/aromatic N) is 5. The molecule has 2 heterocycles. The first-order chi connectivity index (χ1) is 20.8. The Bertz CT molecular complexity index is 1430. The van der Waals surface area contributed by atoms with Crippen molar-refractivity contribution < 1.29 is 19.5 Å². The number of hydrazine groups is 1. The van der Waals surface area contributed by atoms with Crippen molar-refractivity contribution in [2.75, 3.05) is 38.1 Å². The molecule has 4 amide bonds. The number of phenols is 1. The number of urea groups is 1. The average molecular weight is 585 g/mol. The van der Waals surface area contributed by atoms with Gasteiger partial charge in [0, 0.05) is 45.3 Å². The van der Waals surface area contributed by atoms with Gasteiger partial charge < -0.3 is 25.1 Å². The van der Waals surface area contributed by atoms with Crippen LogP contribution in [0.4, 0.5) is 10.5 Å². The number of amides is 4. The van der Waals surface area contributed by atoms with E-state index >= 15 is 0 Å². The largest absolute Gasteiger partial charge is 0.508 e. The number of benzene rings is 3. The fourth-order valence-electron chi connectivity index (χ4n) is 6.02. The molecule has 0 aromatic heterocycles. The fourth-order valence-corrected chi connectivity index (χ4v) is 6.02. The van der Waals surface area contributed by atoms with Crippen LogP contribution in [0.25, 0.3) is 0 Å². The lowest BCUT2D eigenvalue weighted by molar-refractivity contribution is -0.187. The van der Waals surface area contributed by atoms with Gasteiger partial charge in [-0.3, -0.25) is 9.59 Å². The Morgan fingerprint density at radius 3 is 2.33 bits per heavy atom. The van der Waals surface area contributed by atoms with Crippen molar-refractivity contribution in [2.24, 2.45) is 0 Å². The number of carbonyl (C=O) groups excluding carboxylic acids is 3. The number of likely N-dealkylation sites (N-methyl/N-ethyl adjacent to an activating group) is 1. The first-order valence-electron chi connectivity index (χ1n) is 14.8. The summed E-state index contributed by atoms with van der Waals surface area (Å²) in [4.78, 5) is 47.0. The van der Waals surface area contributed by atoms with Crippen LogP contribution in [0.2, 0.25) is 0 Å². The van der Waals surface area contributed by atoms with Gasteiger partial charge >= 0.3 is 6.03 Å².